The van der Waals surface area contributed by atoms with E-state index >= 15 is 0 Å². The average Bonchev–Trinajstić information content (AvgIpc) is 3.19. The highest BCUT2D eigenvalue weighted by Gasteiger charge is 2.34. The molecule has 4 rings (SSSR count). The topological polar surface area (TPSA) is 68.4 Å². The van der Waals surface area contributed by atoms with Gasteiger partial charge in [-0.05, 0) is 53.5 Å². The van der Waals surface area contributed by atoms with Crippen LogP contribution in [0.4, 0.5) is 0 Å². The Kier molecular flexibility index (Phi) is 6.15. The molecule has 1 unspecified atom stereocenters. The van der Waals surface area contributed by atoms with Crippen LogP contribution in [0.15, 0.2) is 48.5 Å². The third-order valence-electron chi connectivity index (χ3n) is 6.35. The van der Waals surface area contributed by atoms with Crippen molar-refractivity contribution in [2.45, 2.75) is 51.9 Å². The van der Waals surface area contributed by atoms with E-state index in [-0.39, 0.29) is 23.7 Å². The van der Waals surface area contributed by atoms with Gasteiger partial charge in [-0.2, -0.15) is 0 Å². The highest BCUT2D eigenvalue weighted by atomic mass is 16.5. The van der Waals surface area contributed by atoms with E-state index in [0.29, 0.717) is 35.4 Å². The number of ether oxygens (including phenoxy) is 2. The largest absolute Gasteiger partial charge is 0.497 e. The molecule has 0 aliphatic heterocycles. The summed E-state index contributed by atoms with van der Waals surface area (Å²) in [7, 11) is 1.61. The normalized spacial score (nSPS) is 15.8. The van der Waals surface area contributed by atoms with Gasteiger partial charge in [-0.3, -0.25) is 4.79 Å². The summed E-state index contributed by atoms with van der Waals surface area (Å²) in [6, 6.07) is 16.0. The lowest BCUT2D eigenvalue weighted by Crippen LogP contribution is -2.19. The number of nitrogens with one attached hydrogen (secondary N) is 1. The fourth-order valence-corrected chi connectivity index (χ4v) is 4.55. The number of hydrogen-bond donors (Lipinski definition) is 1. The molecule has 2 aromatic carbocycles. The first kappa shape index (κ1) is 22.8. The number of rotatable bonds is 5. The molecule has 0 bridgehead atoms. The predicted molar refractivity (Wildman–Crippen MR) is 129 cm³/mol. The number of aromatic amines is 1. The van der Waals surface area contributed by atoms with E-state index < -0.39 is 5.97 Å². The highest BCUT2D eigenvalue weighted by molar-refractivity contribution is 6.10. The zero-order valence-corrected chi connectivity index (χ0v) is 20.0. The lowest BCUT2D eigenvalue weighted by molar-refractivity contribution is 0.0521. The van der Waals surface area contributed by atoms with Crippen molar-refractivity contribution in [2.75, 3.05) is 13.7 Å². The van der Waals surface area contributed by atoms with E-state index in [0.717, 1.165) is 16.8 Å². The van der Waals surface area contributed by atoms with Crippen LogP contribution in [0.2, 0.25) is 0 Å². The minimum Gasteiger partial charge on any atom is -0.497 e. The lowest BCUT2D eigenvalue weighted by Gasteiger charge is -2.24. The SMILES string of the molecule is CCOC(=O)c1[nH]c2c(c1-c1ccc(OC)cc1)C(=O)CC(c1ccc(C(C)(C)C)cc1)C2. The van der Waals surface area contributed by atoms with Crippen LogP contribution in [-0.4, -0.2) is 30.5 Å². The Morgan fingerprint density at radius 3 is 2.24 bits per heavy atom. The Hall–Kier alpha value is -3.34. The Bertz CT molecular complexity index is 1160. The van der Waals surface area contributed by atoms with Gasteiger partial charge >= 0.3 is 5.97 Å². The van der Waals surface area contributed by atoms with Gasteiger partial charge in [0.2, 0.25) is 0 Å². The molecule has 3 aromatic rings. The van der Waals surface area contributed by atoms with Crippen molar-refractivity contribution in [3.8, 4) is 16.9 Å². The summed E-state index contributed by atoms with van der Waals surface area (Å²) in [4.78, 5) is 29.4. The van der Waals surface area contributed by atoms with E-state index in [1.807, 2.05) is 24.3 Å². The van der Waals surface area contributed by atoms with Crippen LogP contribution in [-0.2, 0) is 16.6 Å². The van der Waals surface area contributed by atoms with Gasteiger partial charge in [-0.25, -0.2) is 4.79 Å². The average molecular weight is 446 g/mol. The third kappa shape index (κ3) is 4.45. The van der Waals surface area contributed by atoms with Gasteiger partial charge in [0, 0.05) is 23.2 Å². The maximum atomic E-state index is 13.4. The van der Waals surface area contributed by atoms with Gasteiger partial charge in [0.25, 0.3) is 0 Å². The van der Waals surface area contributed by atoms with E-state index in [1.54, 1.807) is 14.0 Å². The first-order valence-corrected chi connectivity index (χ1v) is 11.4. The monoisotopic (exact) mass is 445 g/mol. The summed E-state index contributed by atoms with van der Waals surface area (Å²) in [6.45, 7) is 8.61. The molecule has 1 aliphatic rings. The molecule has 0 saturated heterocycles. The zero-order valence-electron chi connectivity index (χ0n) is 20.0. The van der Waals surface area contributed by atoms with E-state index in [4.69, 9.17) is 9.47 Å². The maximum Gasteiger partial charge on any atom is 0.355 e. The van der Waals surface area contributed by atoms with Crippen LogP contribution in [0.3, 0.4) is 0 Å². The van der Waals surface area contributed by atoms with Crippen molar-refractivity contribution in [1.29, 1.82) is 0 Å². The van der Waals surface area contributed by atoms with E-state index in [2.05, 4.69) is 50.0 Å². The van der Waals surface area contributed by atoms with Crippen LogP contribution in [0.1, 0.15) is 77.7 Å². The summed E-state index contributed by atoms with van der Waals surface area (Å²) in [5.74, 6) is 0.373. The number of aromatic nitrogens is 1. The molecular formula is C28H31NO4. The number of carbonyl (C=O) groups excluding carboxylic acids is 2. The fraction of sp³-hybridized carbons (Fsp3) is 0.357. The molecule has 0 radical (unpaired) electrons. The van der Waals surface area contributed by atoms with Gasteiger partial charge in [0.05, 0.1) is 13.7 Å². The molecule has 1 aromatic heterocycles. The summed E-state index contributed by atoms with van der Waals surface area (Å²) in [6.07, 6.45) is 1.07. The van der Waals surface area contributed by atoms with Gasteiger partial charge in [-0.15, -0.1) is 0 Å². The number of benzene rings is 2. The molecule has 1 heterocycles. The second-order valence-electron chi connectivity index (χ2n) is 9.58. The molecular weight excluding hydrogens is 414 g/mol. The number of ketones is 1. The molecule has 1 aliphatic carbocycles. The van der Waals surface area contributed by atoms with E-state index in [9.17, 15) is 9.59 Å². The Balaban J connectivity index is 1.74. The van der Waals surface area contributed by atoms with Gasteiger partial charge in [-0.1, -0.05) is 57.2 Å². The molecule has 33 heavy (non-hydrogen) atoms. The molecule has 5 heteroatoms. The number of hydrogen-bond acceptors (Lipinski definition) is 4. The summed E-state index contributed by atoms with van der Waals surface area (Å²) in [5.41, 5.74) is 5.63. The van der Waals surface area contributed by atoms with Crippen LogP contribution >= 0.6 is 0 Å². The van der Waals surface area contributed by atoms with Gasteiger partial charge in [0.1, 0.15) is 11.4 Å². The first-order valence-electron chi connectivity index (χ1n) is 11.4. The standard InChI is InChI=1S/C28H31NO4/c1-6-33-27(31)26-24(18-9-13-21(32-5)14-10-18)25-22(29-26)15-19(16-23(25)30)17-7-11-20(12-8-17)28(2,3)4/h7-14,19,29H,6,15-16H2,1-5H3. The van der Waals surface area contributed by atoms with Crippen LogP contribution < -0.4 is 4.74 Å². The number of H-pyrrole nitrogens is 1. The number of carbonyl (C=O) groups is 2. The Labute approximate surface area is 195 Å². The van der Waals surface area contributed by atoms with Crippen molar-refractivity contribution in [1.82, 2.24) is 4.98 Å². The minimum atomic E-state index is -0.448. The molecule has 0 fully saturated rings. The van der Waals surface area contributed by atoms with Crippen LogP contribution in [0.5, 0.6) is 5.75 Å². The molecule has 1 atom stereocenters. The highest BCUT2D eigenvalue weighted by Crippen LogP contribution is 2.40. The molecule has 5 nitrogen and oxygen atoms in total. The summed E-state index contributed by atoms with van der Waals surface area (Å²) >= 11 is 0. The summed E-state index contributed by atoms with van der Waals surface area (Å²) in [5, 5.41) is 0. The molecule has 0 saturated carbocycles. The zero-order chi connectivity index (χ0) is 23.8. The molecule has 0 spiro atoms. The van der Waals surface area contributed by atoms with Crippen molar-refractivity contribution < 1.29 is 19.1 Å². The van der Waals surface area contributed by atoms with Gasteiger partial charge in [0.15, 0.2) is 5.78 Å². The maximum absolute atomic E-state index is 13.4. The lowest BCUT2D eigenvalue weighted by atomic mass is 9.79. The molecule has 0 amide bonds. The fourth-order valence-electron chi connectivity index (χ4n) is 4.55. The van der Waals surface area contributed by atoms with Crippen molar-refractivity contribution >= 4 is 11.8 Å². The quantitative estimate of drug-likeness (QED) is 0.484. The van der Waals surface area contributed by atoms with Crippen molar-refractivity contribution in [2.24, 2.45) is 0 Å². The number of methoxy groups -OCH3 is 1. The Morgan fingerprint density at radius 2 is 1.67 bits per heavy atom. The first-order chi connectivity index (χ1) is 15.7. The number of esters is 1. The van der Waals surface area contributed by atoms with E-state index in [1.165, 1.54) is 5.56 Å². The number of Topliss-reactive ketones (excluding diaryl/α,β-unsaturated/α-hetero) is 1. The van der Waals surface area contributed by atoms with Crippen LogP contribution in [0.25, 0.3) is 11.1 Å². The smallest absolute Gasteiger partial charge is 0.355 e. The van der Waals surface area contributed by atoms with Crippen molar-refractivity contribution in [3.63, 3.8) is 0 Å². The predicted octanol–water partition coefficient (Wildman–Crippen LogP) is 6.08. The molecule has 172 valence electrons. The Morgan fingerprint density at radius 1 is 1.00 bits per heavy atom. The second kappa shape index (κ2) is 8.89. The van der Waals surface area contributed by atoms with Gasteiger partial charge < -0.3 is 14.5 Å². The summed E-state index contributed by atoms with van der Waals surface area (Å²) < 4.78 is 10.6. The number of fused-ring (bicyclic) bond motifs is 1. The van der Waals surface area contributed by atoms with Crippen LogP contribution in [0, 0.1) is 0 Å². The van der Waals surface area contributed by atoms with Crippen molar-refractivity contribution in [3.05, 3.63) is 76.6 Å². The molecule has 1 N–H and O–H groups in total. The second-order valence-corrected chi connectivity index (χ2v) is 9.58. The minimum absolute atomic E-state index is 0.0405. The third-order valence-corrected chi connectivity index (χ3v) is 6.35.